The van der Waals surface area contributed by atoms with Gasteiger partial charge in [0.05, 0.1) is 0 Å². The molecule has 0 spiro atoms. The van der Waals surface area contributed by atoms with Gasteiger partial charge in [-0.3, -0.25) is 4.79 Å². The van der Waals surface area contributed by atoms with Gasteiger partial charge >= 0.3 is 0 Å². The molecule has 0 fully saturated rings. The van der Waals surface area contributed by atoms with Crippen LogP contribution in [0.15, 0.2) is 24.3 Å². The molecule has 0 N–H and O–H groups in total. The van der Waals surface area contributed by atoms with E-state index in [1.807, 2.05) is 18.2 Å². The van der Waals surface area contributed by atoms with Crippen molar-refractivity contribution in [2.24, 2.45) is 5.92 Å². The van der Waals surface area contributed by atoms with E-state index in [1.54, 1.807) is 6.92 Å². The third-order valence-electron chi connectivity index (χ3n) is 3.03. The Morgan fingerprint density at radius 3 is 2.32 bits per heavy atom. The summed E-state index contributed by atoms with van der Waals surface area (Å²) >= 11 is 0. The number of likely N-dealkylation sites (N-methyl/N-ethyl adjacent to an activating group) is 1. The Morgan fingerprint density at radius 2 is 1.79 bits per heavy atom. The van der Waals surface area contributed by atoms with Crippen molar-refractivity contribution in [1.82, 2.24) is 4.90 Å². The van der Waals surface area contributed by atoms with Crippen LogP contribution in [0.4, 0.5) is 5.69 Å². The van der Waals surface area contributed by atoms with E-state index >= 15 is 0 Å². The molecule has 1 aromatic carbocycles. The fraction of sp³-hybridized carbons (Fsp3) is 0.562. The predicted octanol–water partition coefficient (Wildman–Crippen LogP) is 2.91. The van der Waals surface area contributed by atoms with E-state index in [0.717, 1.165) is 30.9 Å². The molecule has 0 bridgehead atoms. The van der Waals surface area contributed by atoms with Crippen molar-refractivity contribution >= 4 is 11.5 Å². The number of rotatable bonds is 7. The number of benzene rings is 1. The van der Waals surface area contributed by atoms with Gasteiger partial charge in [-0.25, -0.2) is 0 Å². The van der Waals surface area contributed by atoms with Crippen molar-refractivity contribution < 1.29 is 4.79 Å². The Hall–Kier alpha value is -1.35. The first-order valence-corrected chi connectivity index (χ1v) is 6.91. The lowest BCUT2D eigenvalue weighted by Crippen LogP contribution is -2.35. The molecular weight excluding hydrogens is 236 g/mol. The number of hydrogen-bond donors (Lipinski definition) is 0. The van der Waals surface area contributed by atoms with Crippen molar-refractivity contribution in [3.63, 3.8) is 0 Å². The summed E-state index contributed by atoms with van der Waals surface area (Å²) in [6.07, 6.45) is 0. The van der Waals surface area contributed by atoms with Crippen LogP contribution in [0.1, 0.15) is 31.1 Å². The zero-order valence-electron chi connectivity index (χ0n) is 12.8. The van der Waals surface area contributed by atoms with Crippen molar-refractivity contribution in [2.75, 3.05) is 38.6 Å². The van der Waals surface area contributed by atoms with Gasteiger partial charge in [0.25, 0.3) is 0 Å². The molecule has 106 valence electrons. The Morgan fingerprint density at radius 1 is 1.16 bits per heavy atom. The average molecular weight is 262 g/mol. The molecular formula is C16H26N2O. The van der Waals surface area contributed by atoms with E-state index in [9.17, 15) is 4.79 Å². The molecule has 0 aliphatic carbocycles. The number of anilines is 1. The Labute approximate surface area is 117 Å². The molecule has 0 unspecified atom stereocenters. The summed E-state index contributed by atoms with van der Waals surface area (Å²) in [5, 5.41) is 0. The zero-order chi connectivity index (χ0) is 14.4. The maximum absolute atomic E-state index is 11.8. The number of hydrogen-bond acceptors (Lipinski definition) is 3. The molecule has 1 aromatic rings. The van der Waals surface area contributed by atoms with Crippen LogP contribution >= 0.6 is 0 Å². The molecule has 0 saturated carbocycles. The van der Waals surface area contributed by atoms with Gasteiger partial charge in [0, 0.05) is 30.9 Å². The summed E-state index contributed by atoms with van der Waals surface area (Å²) in [4.78, 5) is 16.2. The van der Waals surface area contributed by atoms with E-state index in [0.29, 0.717) is 5.92 Å². The molecule has 0 aromatic heterocycles. The van der Waals surface area contributed by atoms with Gasteiger partial charge in [0.2, 0.25) is 0 Å². The molecule has 0 amide bonds. The van der Waals surface area contributed by atoms with E-state index in [2.05, 4.69) is 43.8 Å². The highest BCUT2D eigenvalue weighted by atomic mass is 16.1. The maximum atomic E-state index is 11.8. The molecule has 0 aliphatic rings. The van der Waals surface area contributed by atoms with Gasteiger partial charge in [0.1, 0.15) is 0 Å². The monoisotopic (exact) mass is 262 g/mol. The highest BCUT2D eigenvalue weighted by Crippen LogP contribution is 2.21. The second kappa shape index (κ2) is 7.29. The molecule has 0 aliphatic heterocycles. The third-order valence-corrected chi connectivity index (χ3v) is 3.03. The summed E-state index contributed by atoms with van der Waals surface area (Å²) in [7, 11) is 4.15. The van der Waals surface area contributed by atoms with Crippen molar-refractivity contribution in [2.45, 2.75) is 20.8 Å². The first kappa shape index (κ1) is 15.7. The molecule has 0 atom stereocenters. The number of carbonyl (C=O) groups is 1. The molecule has 3 nitrogen and oxygen atoms in total. The van der Waals surface area contributed by atoms with Crippen molar-refractivity contribution in [3.8, 4) is 0 Å². The topological polar surface area (TPSA) is 23.6 Å². The van der Waals surface area contributed by atoms with Gasteiger partial charge in [0.15, 0.2) is 5.78 Å². The number of para-hydroxylation sites is 1. The Bertz CT molecular complexity index is 413. The second-order valence-corrected chi connectivity index (χ2v) is 5.72. The highest BCUT2D eigenvalue weighted by Gasteiger charge is 2.14. The van der Waals surface area contributed by atoms with Gasteiger partial charge in [-0.2, -0.15) is 0 Å². The summed E-state index contributed by atoms with van der Waals surface area (Å²) in [6.45, 7) is 8.95. The zero-order valence-corrected chi connectivity index (χ0v) is 12.8. The van der Waals surface area contributed by atoms with Gasteiger partial charge in [-0.15, -0.1) is 0 Å². The van der Waals surface area contributed by atoms with Gasteiger partial charge < -0.3 is 9.80 Å². The lowest BCUT2D eigenvalue weighted by atomic mass is 10.1. The largest absolute Gasteiger partial charge is 0.369 e. The summed E-state index contributed by atoms with van der Waals surface area (Å²) in [5.74, 6) is 0.705. The minimum absolute atomic E-state index is 0.134. The van der Waals surface area contributed by atoms with Crippen LogP contribution in [-0.4, -0.2) is 44.4 Å². The molecule has 0 heterocycles. The van der Waals surface area contributed by atoms with Crippen LogP contribution in [0.3, 0.4) is 0 Å². The molecule has 0 radical (unpaired) electrons. The Kier molecular flexibility index (Phi) is 6.03. The smallest absolute Gasteiger partial charge is 0.161 e. The SMILES string of the molecule is CC(=O)c1ccccc1N(CCN(C)C)CC(C)C. The fourth-order valence-electron chi connectivity index (χ4n) is 2.12. The van der Waals surface area contributed by atoms with E-state index in [1.165, 1.54) is 0 Å². The second-order valence-electron chi connectivity index (χ2n) is 5.72. The summed E-state index contributed by atoms with van der Waals surface area (Å²) in [5.41, 5.74) is 1.88. The minimum atomic E-state index is 0.134. The third kappa shape index (κ3) is 5.03. The van der Waals surface area contributed by atoms with Crippen LogP contribution in [0.2, 0.25) is 0 Å². The number of ketones is 1. The first-order valence-electron chi connectivity index (χ1n) is 6.91. The normalized spacial score (nSPS) is 11.1. The summed E-state index contributed by atoms with van der Waals surface area (Å²) < 4.78 is 0. The average Bonchev–Trinajstić information content (AvgIpc) is 2.33. The van der Waals surface area contributed by atoms with Gasteiger partial charge in [-0.05, 0) is 39.1 Å². The summed E-state index contributed by atoms with van der Waals surface area (Å²) in [6, 6.07) is 7.90. The molecule has 1 rings (SSSR count). The van der Waals surface area contributed by atoms with Crippen LogP contribution < -0.4 is 4.90 Å². The van der Waals surface area contributed by atoms with Crippen LogP contribution in [0.5, 0.6) is 0 Å². The lowest BCUT2D eigenvalue weighted by Gasteiger charge is -2.29. The quantitative estimate of drug-likeness (QED) is 0.706. The fourth-order valence-corrected chi connectivity index (χ4v) is 2.12. The molecule has 19 heavy (non-hydrogen) atoms. The maximum Gasteiger partial charge on any atom is 0.161 e. The number of Topliss-reactive ketones (excluding diaryl/α,β-unsaturated/α-hetero) is 1. The standard InChI is InChI=1S/C16H26N2O/c1-13(2)12-18(11-10-17(4)5)16-9-7-6-8-15(16)14(3)19/h6-9,13H,10-12H2,1-5H3. The van der Waals surface area contributed by atoms with E-state index < -0.39 is 0 Å². The number of carbonyl (C=O) groups excluding carboxylic acids is 1. The number of nitrogens with zero attached hydrogens (tertiary/aromatic N) is 2. The van der Waals surface area contributed by atoms with Crippen LogP contribution in [-0.2, 0) is 0 Å². The van der Waals surface area contributed by atoms with Gasteiger partial charge in [-0.1, -0.05) is 26.0 Å². The highest BCUT2D eigenvalue weighted by molar-refractivity contribution is 5.99. The van der Waals surface area contributed by atoms with E-state index in [-0.39, 0.29) is 5.78 Å². The first-order chi connectivity index (χ1) is 8.91. The predicted molar refractivity (Wildman–Crippen MR) is 82.1 cm³/mol. The van der Waals surface area contributed by atoms with Crippen molar-refractivity contribution in [1.29, 1.82) is 0 Å². The van der Waals surface area contributed by atoms with Crippen LogP contribution in [0, 0.1) is 5.92 Å². The minimum Gasteiger partial charge on any atom is -0.369 e. The van der Waals surface area contributed by atoms with Crippen LogP contribution in [0.25, 0.3) is 0 Å². The molecule has 0 saturated heterocycles. The van der Waals surface area contributed by atoms with E-state index in [4.69, 9.17) is 0 Å². The Balaban J connectivity index is 2.99. The lowest BCUT2D eigenvalue weighted by molar-refractivity contribution is 0.101. The molecule has 3 heteroatoms. The van der Waals surface area contributed by atoms with Crippen molar-refractivity contribution in [3.05, 3.63) is 29.8 Å².